The highest BCUT2D eigenvalue weighted by atomic mass is 16.6. The minimum absolute atomic E-state index is 0.0896. The lowest BCUT2D eigenvalue weighted by Gasteiger charge is -2.19. The Morgan fingerprint density at radius 3 is 2.42 bits per heavy atom. The fourth-order valence-electron chi connectivity index (χ4n) is 4.51. The average Bonchev–Trinajstić information content (AvgIpc) is 3.27. The maximum atomic E-state index is 13.3. The van der Waals surface area contributed by atoms with Crippen molar-refractivity contribution in [2.75, 3.05) is 11.9 Å². The Hall–Kier alpha value is -5.38. The van der Waals surface area contributed by atoms with Gasteiger partial charge in [0.15, 0.2) is 5.65 Å². The summed E-state index contributed by atoms with van der Waals surface area (Å²) in [5.74, 6) is -1.01. The maximum absolute atomic E-state index is 13.3. The quantitative estimate of drug-likeness (QED) is 0.113. The topological polar surface area (TPSA) is 129 Å². The third-order valence-corrected chi connectivity index (χ3v) is 6.39. The summed E-state index contributed by atoms with van der Waals surface area (Å²) in [7, 11) is 0. The first-order valence-corrected chi connectivity index (χ1v) is 12.6. The Kier molecular flexibility index (Phi) is 7.32. The van der Waals surface area contributed by atoms with Crippen molar-refractivity contribution in [1.29, 1.82) is 0 Å². The molecule has 0 aliphatic rings. The number of benzene rings is 3. The molecule has 1 atom stereocenters. The zero-order valence-electron chi connectivity index (χ0n) is 21.8. The van der Waals surface area contributed by atoms with E-state index in [2.05, 4.69) is 5.32 Å². The van der Waals surface area contributed by atoms with E-state index in [9.17, 15) is 19.7 Å². The standard InChI is InChI=1S/C30H25N5O5/c1-3-40-30(37)26-27-29(32-24-15-8-7-14-23(24)31-27)34(19(2)21-11-5-4-6-12-21)28(26)33-25(36)17-16-20-10-9-13-22(18-20)35(38)39/h4-19H,3H2,1-2H3,(H,33,36)/b17-16-. The molecule has 2 heterocycles. The SMILES string of the molecule is CCOC(=O)c1c(NC(=O)/C=C\c2cccc([N+](=O)[O-])c2)n(C(C)c2ccccc2)c2nc3ccccc3nc12. The normalized spacial score (nSPS) is 12.1. The van der Waals surface area contributed by atoms with Crippen LogP contribution < -0.4 is 5.32 Å². The van der Waals surface area contributed by atoms with Crippen molar-refractivity contribution < 1.29 is 19.2 Å². The minimum Gasteiger partial charge on any atom is -0.462 e. The minimum atomic E-state index is -0.644. The maximum Gasteiger partial charge on any atom is 0.344 e. The summed E-state index contributed by atoms with van der Waals surface area (Å²) >= 11 is 0. The van der Waals surface area contributed by atoms with Gasteiger partial charge < -0.3 is 14.6 Å². The molecule has 1 amide bonds. The third-order valence-electron chi connectivity index (χ3n) is 6.39. The highest BCUT2D eigenvalue weighted by Crippen LogP contribution is 2.35. The molecule has 0 bridgehead atoms. The number of nitro groups is 1. The molecule has 1 N–H and O–H groups in total. The molecule has 0 saturated carbocycles. The van der Waals surface area contributed by atoms with Gasteiger partial charge in [-0.3, -0.25) is 14.9 Å². The first kappa shape index (κ1) is 26.2. The van der Waals surface area contributed by atoms with E-state index in [-0.39, 0.29) is 29.7 Å². The smallest absolute Gasteiger partial charge is 0.344 e. The van der Waals surface area contributed by atoms with E-state index in [1.807, 2.05) is 55.5 Å². The number of rotatable bonds is 8. The molecular formula is C30H25N5O5. The number of anilines is 1. The number of ether oxygens (including phenoxy) is 1. The second-order valence-corrected chi connectivity index (χ2v) is 8.96. The number of non-ortho nitro benzene ring substituents is 1. The Morgan fingerprint density at radius 2 is 1.73 bits per heavy atom. The number of para-hydroxylation sites is 2. The van der Waals surface area contributed by atoms with Crippen LogP contribution in [-0.4, -0.2) is 37.9 Å². The molecule has 3 aromatic carbocycles. The molecule has 0 radical (unpaired) electrons. The summed E-state index contributed by atoms with van der Waals surface area (Å²) in [6, 6.07) is 22.5. The molecule has 1 unspecified atom stereocenters. The predicted octanol–water partition coefficient (Wildman–Crippen LogP) is 5.93. The van der Waals surface area contributed by atoms with Crippen LogP contribution in [0.15, 0.2) is 84.9 Å². The summed E-state index contributed by atoms with van der Waals surface area (Å²) < 4.78 is 7.15. The molecule has 0 aliphatic heterocycles. The van der Waals surface area contributed by atoms with E-state index in [0.717, 1.165) is 5.56 Å². The Bertz CT molecular complexity index is 1780. The van der Waals surface area contributed by atoms with Gasteiger partial charge in [0, 0.05) is 18.2 Å². The van der Waals surface area contributed by atoms with Gasteiger partial charge in [0.2, 0.25) is 5.91 Å². The van der Waals surface area contributed by atoms with Gasteiger partial charge in [-0.25, -0.2) is 14.8 Å². The number of esters is 1. The van der Waals surface area contributed by atoms with Crippen LogP contribution in [0.25, 0.3) is 28.3 Å². The number of hydrogen-bond donors (Lipinski definition) is 1. The number of carbonyl (C=O) groups excluding carboxylic acids is 2. The predicted molar refractivity (Wildman–Crippen MR) is 152 cm³/mol. The second-order valence-electron chi connectivity index (χ2n) is 8.96. The van der Waals surface area contributed by atoms with Gasteiger partial charge in [0.25, 0.3) is 5.69 Å². The molecule has 10 heteroatoms. The lowest BCUT2D eigenvalue weighted by molar-refractivity contribution is -0.384. The molecule has 5 aromatic rings. The molecule has 40 heavy (non-hydrogen) atoms. The zero-order chi connectivity index (χ0) is 28.2. The van der Waals surface area contributed by atoms with Crippen molar-refractivity contribution in [1.82, 2.24) is 14.5 Å². The number of nitrogens with zero attached hydrogens (tertiary/aromatic N) is 4. The van der Waals surface area contributed by atoms with Gasteiger partial charge in [-0.15, -0.1) is 0 Å². The Labute approximate surface area is 229 Å². The zero-order valence-corrected chi connectivity index (χ0v) is 21.8. The summed E-state index contributed by atoms with van der Waals surface area (Å²) in [6.07, 6.45) is 2.71. The monoisotopic (exact) mass is 535 g/mol. The molecule has 0 saturated heterocycles. The van der Waals surface area contributed by atoms with Crippen molar-refractivity contribution in [3.8, 4) is 0 Å². The summed E-state index contributed by atoms with van der Waals surface area (Å²) in [5, 5.41) is 14.0. The number of nitro benzene ring substituents is 1. The number of carbonyl (C=O) groups is 2. The van der Waals surface area contributed by atoms with Crippen LogP contribution in [-0.2, 0) is 9.53 Å². The van der Waals surface area contributed by atoms with E-state index < -0.39 is 16.8 Å². The van der Waals surface area contributed by atoms with E-state index in [1.54, 1.807) is 23.6 Å². The van der Waals surface area contributed by atoms with Crippen LogP contribution in [0.5, 0.6) is 0 Å². The van der Waals surface area contributed by atoms with Crippen LogP contribution in [0.2, 0.25) is 0 Å². The highest BCUT2D eigenvalue weighted by molar-refractivity contribution is 6.13. The van der Waals surface area contributed by atoms with Gasteiger partial charge >= 0.3 is 5.97 Å². The lowest BCUT2D eigenvalue weighted by Crippen LogP contribution is -2.18. The van der Waals surface area contributed by atoms with Crippen molar-refractivity contribution in [3.05, 3.63) is 112 Å². The van der Waals surface area contributed by atoms with E-state index in [4.69, 9.17) is 14.7 Å². The largest absolute Gasteiger partial charge is 0.462 e. The number of hydrogen-bond acceptors (Lipinski definition) is 7. The molecule has 5 rings (SSSR count). The van der Waals surface area contributed by atoms with Crippen LogP contribution in [0.1, 0.15) is 41.4 Å². The first-order chi connectivity index (χ1) is 19.4. The average molecular weight is 536 g/mol. The van der Waals surface area contributed by atoms with Crippen LogP contribution in [0.4, 0.5) is 11.5 Å². The molecule has 0 spiro atoms. The third kappa shape index (κ3) is 5.14. The molecular weight excluding hydrogens is 510 g/mol. The van der Waals surface area contributed by atoms with E-state index in [0.29, 0.717) is 27.8 Å². The summed E-state index contributed by atoms with van der Waals surface area (Å²) in [4.78, 5) is 46.7. The number of aromatic nitrogens is 3. The second kappa shape index (κ2) is 11.2. The van der Waals surface area contributed by atoms with Gasteiger partial charge in [0.1, 0.15) is 16.9 Å². The number of amides is 1. The molecule has 200 valence electrons. The van der Waals surface area contributed by atoms with Crippen LogP contribution in [0, 0.1) is 10.1 Å². The van der Waals surface area contributed by atoms with Crippen molar-refractivity contribution in [2.45, 2.75) is 19.9 Å². The Morgan fingerprint density at radius 1 is 1.02 bits per heavy atom. The summed E-state index contributed by atoms with van der Waals surface area (Å²) in [6.45, 7) is 3.76. The lowest BCUT2D eigenvalue weighted by atomic mass is 10.1. The molecule has 2 aromatic heterocycles. The molecule has 0 fully saturated rings. The highest BCUT2D eigenvalue weighted by Gasteiger charge is 2.30. The van der Waals surface area contributed by atoms with Crippen LogP contribution >= 0.6 is 0 Å². The number of fused-ring (bicyclic) bond motifs is 2. The first-order valence-electron chi connectivity index (χ1n) is 12.6. The Balaban J connectivity index is 1.67. The van der Waals surface area contributed by atoms with Gasteiger partial charge in [-0.2, -0.15) is 0 Å². The molecule has 10 nitrogen and oxygen atoms in total. The van der Waals surface area contributed by atoms with Crippen molar-refractivity contribution in [3.63, 3.8) is 0 Å². The fourth-order valence-corrected chi connectivity index (χ4v) is 4.51. The summed E-state index contributed by atoms with van der Waals surface area (Å²) in [5.41, 5.74) is 3.34. The van der Waals surface area contributed by atoms with Gasteiger partial charge in [0.05, 0.1) is 28.6 Å². The number of nitrogens with one attached hydrogen (secondary N) is 1. The van der Waals surface area contributed by atoms with Crippen LogP contribution in [0.3, 0.4) is 0 Å². The van der Waals surface area contributed by atoms with Gasteiger partial charge in [-0.1, -0.05) is 54.6 Å². The fraction of sp³-hybridized carbons (Fsp3) is 0.133. The van der Waals surface area contributed by atoms with Crippen molar-refractivity contribution >= 4 is 51.7 Å². The van der Waals surface area contributed by atoms with E-state index >= 15 is 0 Å². The van der Waals surface area contributed by atoms with Gasteiger partial charge in [-0.05, 0) is 43.2 Å². The van der Waals surface area contributed by atoms with Crippen molar-refractivity contribution in [2.24, 2.45) is 0 Å². The molecule has 0 aliphatic carbocycles. The van der Waals surface area contributed by atoms with E-state index in [1.165, 1.54) is 30.4 Å².